The van der Waals surface area contributed by atoms with E-state index < -0.39 is 17.5 Å². The van der Waals surface area contributed by atoms with Crippen LogP contribution in [-0.2, 0) is 13.2 Å². The van der Waals surface area contributed by atoms with E-state index in [1.807, 2.05) is 56.3 Å². The SMILES string of the molecule is Cc1cc(OCC[C@@H](C)O)nc(C)c1-c1cccc(COc2ccc(Cn3oc(=O)[nH]c3=O)cc2)c1C. The van der Waals surface area contributed by atoms with Crippen LogP contribution in [-0.4, -0.2) is 32.5 Å². The van der Waals surface area contributed by atoms with E-state index in [1.165, 1.54) is 0 Å². The summed E-state index contributed by atoms with van der Waals surface area (Å²) in [5.74, 6) is 0.466. The molecule has 0 aliphatic rings. The molecule has 2 aromatic carbocycles. The minimum atomic E-state index is -0.777. The molecule has 0 spiro atoms. The quantitative estimate of drug-likeness (QED) is 0.335. The molecule has 9 heteroatoms. The molecule has 0 bridgehead atoms. The molecule has 0 saturated heterocycles. The van der Waals surface area contributed by atoms with Gasteiger partial charge in [-0.15, -0.1) is 4.74 Å². The van der Waals surface area contributed by atoms with Gasteiger partial charge in [0, 0.05) is 23.7 Å². The van der Waals surface area contributed by atoms with Gasteiger partial charge in [-0.05, 0) is 67.6 Å². The zero-order chi connectivity index (χ0) is 26.5. The number of hydrogen-bond acceptors (Lipinski definition) is 7. The molecule has 2 N–H and O–H groups in total. The summed E-state index contributed by atoms with van der Waals surface area (Å²) >= 11 is 0. The molecular weight excluding hydrogens is 474 g/mol. The lowest BCUT2D eigenvalue weighted by molar-refractivity contribution is 0.154. The average molecular weight is 506 g/mol. The number of hydrogen-bond donors (Lipinski definition) is 2. The van der Waals surface area contributed by atoms with E-state index >= 15 is 0 Å². The van der Waals surface area contributed by atoms with Gasteiger partial charge < -0.3 is 19.1 Å². The minimum absolute atomic E-state index is 0.149. The third-order valence-corrected chi connectivity index (χ3v) is 6.15. The number of aryl methyl sites for hydroxylation is 2. The number of pyridine rings is 1. The van der Waals surface area contributed by atoms with Crippen molar-refractivity contribution in [1.82, 2.24) is 14.7 Å². The van der Waals surface area contributed by atoms with Crippen LogP contribution < -0.4 is 20.9 Å². The Hall–Kier alpha value is -4.11. The lowest BCUT2D eigenvalue weighted by Crippen LogP contribution is -2.17. The molecule has 1 atom stereocenters. The fourth-order valence-corrected chi connectivity index (χ4v) is 4.16. The first-order valence-corrected chi connectivity index (χ1v) is 12.1. The Morgan fingerprint density at radius 2 is 1.84 bits per heavy atom. The number of aromatic nitrogens is 3. The summed E-state index contributed by atoms with van der Waals surface area (Å²) in [4.78, 5) is 29.5. The summed E-state index contributed by atoms with van der Waals surface area (Å²) in [7, 11) is 0. The van der Waals surface area contributed by atoms with Gasteiger partial charge in [0.25, 0.3) is 0 Å². The van der Waals surface area contributed by atoms with Crippen LogP contribution in [0.2, 0.25) is 0 Å². The van der Waals surface area contributed by atoms with Gasteiger partial charge in [-0.25, -0.2) is 19.6 Å². The van der Waals surface area contributed by atoms with Crippen molar-refractivity contribution < 1.29 is 19.1 Å². The van der Waals surface area contributed by atoms with Gasteiger partial charge in [-0.3, -0.25) is 0 Å². The maximum absolute atomic E-state index is 11.6. The molecule has 37 heavy (non-hydrogen) atoms. The fourth-order valence-electron chi connectivity index (χ4n) is 4.16. The van der Waals surface area contributed by atoms with Crippen LogP contribution in [0.5, 0.6) is 11.6 Å². The molecule has 9 nitrogen and oxygen atoms in total. The first kappa shape index (κ1) is 26.0. The average Bonchev–Trinajstić information content (AvgIpc) is 3.16. The molecule has 2 aromatic heterocycles. The Balaban J connectivity index is 1.46. The van der Waals surface area contributed by atoms with E-state index in [0.717, 1.165) is 43.8 Å². The number of rotatable bonds is 10. The number of aromatic amines is 1. The maximum Gasteiger partial charge on any atom is 0.440 e. The first-order chi connectivity index (χ1) is 17.7. The van der Waals surface area contributed by atoms with Crippen molar-refractivity contribution in [2.75, 3.05) is 6.61 Å². The van der Waals surface area contributed by atoms with Gasteiger partial charge in [-0.2, -0.15) is 0 Å². The second-order valence-electron chi connectivity index (χ2n) is 9.09. The lowest BCUT2D eigenvalue weighted by Gasteiger charge is -2.17. The normalized spacial score (nSPS) is 11.9. The molecule has 0 saturated carbocycles. The molecule has 4 rings (SSSR count). The van der Waals surface area contributed by atoms with Crippen molar-refractivity contribution in [3.8, 4) is 22.8 Å². The molecule has 0 radical (unpaired) electrons. The smallest absolute Gasteiger partial charge is 0.440 e. The van der Waals surface area contributed by atoms with E-state index in [4.69, 9.17) is 14.0 Å². The van der Waals surface area contributed by atoms with Crippen LogP contribution in [0.25, 0.3) is 11.1 Å². The number of H-pyrrole nitrogens is 1. The fraction of sp³-hybridized carbons (Fsp3) is 0.321. The Kier molecular flexibility index (Phi) is 7.93. The van der Waals surface area contributed by atoms with Crippen LogP contribution >= 0.6 is 0 Å². The summed E-state index contributed by atoms with van der Waals surface area (Å²) in [6.45, 7) is 8.78. The number of benzene rings is 2. The van der Waals surface area contributed by atoms with Crippen LogP contribution in [0, 0.1) is 20.8 Å². The molecule has 0 aliphatic heterocycles. The first-order valence-electron chi connectivity index (χ1n) is 12.1. The molecule has 0 unspecified atom stereocenters. The molecule has 0 fully saturated rings. The van der Waals surface area contributed by atoms with Crippen molar-refractivity contribution in [3.05, 3.63) is 97.5 Å². The standard InChI is InChI=1S/C28H31N3O6/c1-17-14-25(35-13-12-18(2)32)29-20(4)26(17)24-7-5-6-22(19(24)3)16-36-23-10-8-21(9-11-23)15-31-27(33)30-28(34)37-31/h5-11,14,18,32H,12-13,15-16H2,1-4H3,(H,30,33,34)/t18-/m1/s1. The Morgan fingerprint density at radius 1 is 1.08 bits per heavy atom. The van der Waals surface area contributed by atoms with Gasteiger partial charge in [0.1, 0.15) is 12.4 Å². The van der Waals surface area contributed by atoms with Crippen LogP contribution in [0.3, 0.4) is 0 Å². The number of nitrogens with zero attached hydrogens (tertiary/aromatic N) is 2. The van der Waals surface area contributed by atoms with E-state index in [-0.39, 0.29) is 6.54 Å². The highest BCUT2D eigenvalue weighted by atomic mass is 16.5. The van der Waals surface area contributed by atoms with Gasteiger partial charge in [0.2, 0.25) is 5.88 Å². The maximum atomic E-state index is 11.6. The largest absolute Gasteiger partial charge is 0.489 e. The molecule has 194 valence electrons. The lowest BCUT2D eigenvalue weighted by atomic mass is 9.93. The van der Waals surface area contributed by atoms with E-state index in [1.54, 1.807) is 6.92 Å². The summed E-state index contributed by atoms with van der Waals surface area (Å²) < 4.78 is 17.5. The van der Waals surface area contributed by atoms with Crippen molar-refractivity contribution in [2.24, 2.45) is 0 Å². The monoisotopic (exact) mass is 505 g/mol. The summed E-state index contributed by atoms with van der Waals surface area (Å²) in [5, 5.41) is 9.45. The number of aliphatic hydroxyl groups is 1. The zero-order valence-corrected chi connectivity index (χ0v) is 21.4. The highest BCUT2D eigenvalue weighted by molar-refractivity contribution is 5.73. The van der Waals surface area contributed by atoms with Gasteiger partial charge in [-0.1, -0.05) is 30.3 Å². The second kappa shape index (κ2) is 11.3. The molecular formula is C28H31N3O6. The Labute approximate surface area is 214 Å². The number of nitrogens with one attached hydrogen (secondary N) is 1. The third-order valence-electron chi connectivity index (χ3n) is 6.15. The summed E-state index contributed by atoms with van der Waals surface area (Å²) in [5.41, 5.74) is 6.48. The predicted octanol–water partition coefficient (Wildman–Crippen LogP) is 3.89. The van der Waals surface area contributed by atoms with Crippen molar-refractivity contribution >= 4 is 0 Å². The van der Waals surface area contributed by atoms with Crippen molar-refractivity contribution in [1.29, 1.82) is 0 Å². The van der Waals surface area contributed by atoms with Crippen molar-refractivity contribution in [2.45, 2.75) is 53.4 Å². The predicted molar refractivity (Wildman–Crippen MR) is 139 cm³/mol. The van der Waals surface area contributed by atoms with Gasteiger partial charge >= 0.3 is 11.4 Å². The molecule has 4 aromatic rings. The van der Waals surface area contributed by atoms with Crippen LogP contribution in [0.1, 0.15) is 41.3 Å². The van der Waals surface area contributed by atoms with Gasteiger partial charge in [0.15, 0.2) is 0 Å². The second-order valence-corrected chi connectivity index (χ2v) is 9.09. The molecule has 0 amide bonds. The highest BCUT2D eigenvalue weighted by Gasteiger charge is 2.14. The third kappa shape index (κ3) is 6.37. The summed E-state index contributed by atoms with van der Waals surface area (Å²) in [6.07, 6.45) is 0.142. The van der Waals surface area contributed by atoms with E-state index in [9.17, 15) is 14.7 Å². The van der Waals surface area contributed by atoms with Crippen LogP contribution in [0.4, 0.5) is 0 Å². The Morgan fingerprint density at radius 3 is 2.49 bits per heavy atom. The Bertz CT molecular complexity index is 1460. The minimum Gasteiger partial charge on any atom is -0.489 e. The number of ether oxygens (including phenoxy) is 2. The van der Waals surface area contributed by atoms with Crippen molar-refractivity contribution in [3.63, 3.8) is 0 Å². The van der Waals surface area contributed by atoms with Gasteiger partial charge in [0.05, 0.1) is 19.3 Å². The zero-order valence-electron chi connectivity index (χ0n) is 21.4. The van der Waals surface area contributed by atoms with E-state index in [2.05, 4.69) is 23.0 Å². The summed E-state index contributed by atoms with van der Waals surface area (Å²) in [6, 6.07) is 15.3. The highest BCUT2D eigenvalue weighted by Crippen LogP contribution is 2.33. The number of aliphatic hydroxyl groups excluding tert-OH is 1. The van der Waals surface area contributed by atoms with E-state index in [0.29, 0.717) is 31.3 Å². The topological polar surface area (TPSA) is 120 Å². The van der Waals surface area contributed by atoms with Crippen LogP contribution in [0.15, 0.2) is 62.6 Å². The molecule has 0 aliphatic carbocycles. The molecule has 2 heterocycles.